The molecule has 0 saturated heterocycles. The van der Waals surface area contributed by atoms with E-state index in [9.17, 15) is 4.79 Å². The summed E-state index contributed by atoms with van der Waals surface area (Å²) in [5.74, 6) is 0.912. The van der Waals surface area contributed by atoms with Crippen molar-refractivity contribution < 1.29 is 9.53 Å². The van der Waals surface area contributed by atoms with Gasteiger partial charge in [-0.05, 0) is 37.1 Å². The Labute approximate surface area is 143 Å². The summed E-state index contributed by atoms with van der Waals surface area (Å²) in [7, 11) is 0. The fourth-order valence-corrected chi connectivity index (χ4v) is 2.82. The first-order valence-corrected chi connectivity index (χ1v) is 8.53. The molecule has 0 aliphatic carbocycles. The second-order valence-electron chi connectivity index (χ2n) is 6.18. The van der Waals surface area contributed by atoms with Gasteiger partial charge < -0.3 is 15.4 Å². The van der Waals surface area contributed by atoms with E-state index in [4.69, 9.17) is 4.74 Å². The topological polar surface area (TPSA) is 50.4 Å². The highest BCUT2D eigenvalue weighted by Crippen LogP contribution is 2.30. The largest absolute Gasteiger partial charge is 0.486 e. The highest BCUT2D eigenvalue weighted by atomic mass is 16.5. The first-order valence-electron chi connectivity index (χ1n) is 8.53. The molecule has 2 aromatic carbocycles. The Balaban J connectivity index is 1.61. The highest BCUT2D eigenvalue weighted by Gasteiger charge is 2.19. The van der Waals surface area contributed by atoms with E-state index in [0.29, 0.717) is 12.1 Å². The van der Waals surface area contributed by atoms with E-state index in [1.165, 1.54) is 5.56 Å². The molecule has 2 atom stereocenters. The molecule has 24 heavy (non-hydrogen) atoms. The van der Waals surface area contributed by atoms with Crippen LogP contribution in [0.2, 0.25) is 0 Å². The fourth-order valence-electron chi connectivity index (χ4n) is 2.82. The summed E-state index contributed by atoms with van der Waals surface area (Å²) in [5.41, 5.74) is 2.78. The van der Waals surface area contributed by atoms with Crippen LogP contribution in [0.5, 0.6) is 5.75 Å². The first-order chi connectivity index (χ1) is 11.7. The summed E-state index contributed by atoms with van der Waals surface area (Å²) < 4.78 is 5.88. The van der Waals surface area contributed by atoms with E-state index >= 15 is 0 Å². The Hall–Kier alpha value is -2.33. The Morgan fingerprint density at radius 1 is 1.29 bits per heavy atom. The number of fused-ring (bicyclic) bond motifs is 1. The van der Waals surface area contributed by atoms with E-state index in [-0.39, 0.29) is 17.9 Å². The number of nitrogens with one attached hydrogen (secondary N) is 2. The number of carbonyl (C=O) groups excluding carboxylic acids is 1. The second-order valence-corrected chi connectivity index (χ2v) is 6.18. The third-order valence-corrected chi connectivity index (χ3v) is 4.44. The van der Waals surface area contributed by atoms with Crippen molar-refractivity contribution in [3.63, 3.8) is 0 Å². The predicted octanol–water partition coefficient (Wildman–Crippen LogP) is 3.80. The maximum Gasteiger partial charge on any atom is 0.176 e. The van der Waals surface area contributed by atoms with Crippen LogP contribution in [0.3, 0.4) is 0 Å². The van der Waals surface area contributed by atoms with Crippen molar-refractivity contribution in [1.29, 1.82) is 0 Å². The molecule has 0 radical (unpaired) electrons. The number of ketones is 1. The number of ether oxygens (including phenoxy) is 1. The Kier molecular flexibility index (Phi) is 5.16. The van der Waals surface area contributed by atoms with Crippen LogP contribution in [-0.4, -0.2) is 25.0 Å². The smallest absolute Gasteiger partial charge is 0.176 e. The van der Waals surface area contributed by atoms with E-state index in [0.717, 1.165) is 24.4 Å². The van der Waals surface area contributed by atoms with Crippen molar-refractivity contribution in [1.82, 2.24) is 5.32 Å². The zero-order valence-electron chi connectivity index (χ0n) is 14.2. The minimum Gasteiger partial charge on any atom is -0.486 e. The summed E-state index contributed by atoms with van der Waals surface area (Å²) in [5, 5.41) is 6.64. The van der Waals surface area contributed by atoms with Crippen molar-refractivity contribution in [2.75, 3.05) is 18.4 Å². The highest BCUT2D eigenvalue weighted by molar-refractivity contribution is 5.98. The lowest BCUT2D eigenvalue weighted by molar-refractivity contribution is 0.0988. The molecule has 4 nitrogen and oxygen atoms in total. The quantitative estimate of drug-likeness (QED) is 0.794. The molecule has 2 unspecified atom stereocenters. The normalized spacial score (nSPS) is 17.3. The summed E-state index contributed by atoms with van der Waals surface area (Å²) >= 11 is 0. The lowest BCUT2D eigenvalue weighted by atomic mass is 10.1. The van der Waals surface area contributed by atoms with Crippen LogP contribution < -0.4 is 15.4 Å². The molecular weight excluding hydrogens is 300 g/mol. The lowest BCUT2D eigenvalue weighted by Crippen LogP contribution is -2.30. The van der Waals surface area contributed by atoms with Crippen LogP contribution in [0.1, 0.15) is 42.2 Å². The molecule has 0 fully saturated rings. The summed E-state index contributed by atoms with van der Waals surface area (Å²) in [6.45, 7) is 5.27. The Bertz CT molecular complexity index is 700. The number of anilines is 1. The van der Waals surface area contributed by atoms with Crippen molar-refractivity contribution in [3.05, 3.63) is 59.7 Å². The van der Waals surface area contributed by atoms with Gasteiger partial charge in [-0.15, -0.1) is 0 Å². The number of rotatable bonds is 6. The van der Waals surface area contributed by atoms with Gasteiger partial charge in [-0.1, -0.05) is 37.3 Å². The molecule has 1 aliphatic rings. The van der Waals surface area contributed by atoms with E-state index in [1.807, 2.05) is 36.4 Å². The van der Waals surface area contributed by atoms with Crippen LogP contribution in [0.25, 0.3) is 0 Å². The van der Waals surface area contributed by atoms with Gasteiger partial charge >= 0.3 is 0 Å². The van der Waals surface area contributed by atoms with Crippen LogP contribution >= 0.6 is 0 Å². The monoisotopic (exact) mass is 324 g/mol. The second kappa shape index (κ2) is 7.49. The average molecular weight is 324 g/mol. The third-order valence-electron chi connectivity index (χ3n) is 4.44. The van der Waals surface area contributed by atoms with Crippen LogP contribution in [0.4, 0.5) is 5.69 Å². The van der Waals surface area contributed by atoms with Crippen LogP contribution in [0.15, 0.2) is 48.5 Å². The number of carbonyl (C=O) groups is 1. The van der Waals surface area contributed by atoms with E-state index < -0.39 is 0 Å². The molecule has 0 bridgehead atoms. The van der Waals surface area contributed by atoms with Crippen molar-refractivity contribution in [2.45, 2.75) is 32.4 Å². The van der Waals surface area contributed by atoms with E-state index in [1.54, 1.807) is 0 Å². The van der Waals surface area contributed by atoms with Gasteiger partial charge in [-0.25, -0.2) is 0 Å². The molecule has 1 heterocycles. The fraction of sp³-hybridized carbons (Fsp3) is 0.350. The molecule has 0 saturated carbocycles. The van der Waals surface area contributed by atoms with E-state index in [2.05, 4.69) is 36.6 Å². The molecule has 2 N–H and O–H groups in total. The molecule has 126 valence electrons. The molecular formula is C20H24N2O2. The summed E-state index contributed by atoms with van der Waals surface area (Å²) in [6.07, 6.45) is 1.17. The Morgan fingerprint density at radius 3 is 2.83 bits per heavy atom. The number of Topliss-reactive ketones (excluding diaryl/α,β-unsaturated/α-hetero) is 1. The minimum atomic E-state index is 0.0833. The van der Waals surface area contributed by atoms with Crippen LogP contribution in [0, 0.1) is 0 Å². The van der Waals surface area contributed by atoms with Gasteiger partial charge in [-0.2, -0.15) is 0 Å². The maximum atomic E-state index is 12.5. The number of hydrogen-bond acceptors (Lipinski definition) is 4. The minimum absolute atomic E-state index is 0.0833. The molecule has 0 amide bonds. The molecule has 4 heteroatoms. The average Bonchev–Trinajstić information content (AvgIpc) is 2.65. The summed E-state index contributed by atoms with van der Waals surface area (Å²) in [6, 6.07) is 15.9. The van der Waals surface area contributed by atoms with Gasteiger partial charge in [0.25, 0.3) is 0 Å². The van der Waals surface area contributed by atoms with Gasteiger partial charge in [0, 0.05) is 11.6 Å². The van der Waals surface area contributed by atoms with Gasteiger partial charge in [0.2, 0.25) is 0 Å². The van der Waals surface area contributed by atoms with Crippen molar-refractivity contribution in [3.8, 4) is 5.75 Å². The molecule has 1 aliphatic heterocycles. The maximum absolute atomic E-state index is 12.5. The zero-order valence-corrected chi connectivity index (χ0v) is 14.2. The molecule has 0 spiro atoms. The zero-order chi connectivity index (χ0) is 16.9. The summed E-state index contributed by atoms with van der Waals surface area (Å²) in [4.78, 5) is 12.5. The number of hydrogen-bond donors (Lipinski definition) is 2. The third kappa shape index (κ3) is 3.77. The number of benzene rings is 2. The predicted molar refractivity (Wildman–Crippen MR) is 96.8 cm³/mol. The Morgan fingerprint density at radius 2 is 2.08 bits per heavy atom. The molecule has 2 aromatic rings. The lowest BCUT2D eigenvalue weighted by Gasteiger charge is -2.27. The molecule has 3 rings (SSSR count). The van der Waals surface area contributed by atoms with Gasteiger partial charge in [-0.3, -0.25) is 4.79 Å². The molecule has 0 aromatic heterocycles. The standard InChI is InChI=1S/C20H24N2O2/c1-3-17-12-22-18-11-16(9-10-20(18)24-17)19(23)13-21-14(2)15-7-5-4-6-8-15/h4-11,14,17,21-22H,3,12-13H2,1-2H3. The van der Waals surface area contributed by atoms with Gasteiger partial charge in [0.1, 0.15) is 11.9 Å². The van der Waals surface area contributed by atoms with Gasteiger partial charge in [0.15, 0.2) is 5.78 Å². The first kappa shape index (κ1) is 16.5. The van der Waals surface area contributed by atoms with Gasteiger partial charge in [0.05, 0.1) is 18.8 Å². The van der Waals surface area contributed by atoms with Crippen molar-refractivity contribution >= 4 is 11.5 Å². The van der Waals surface area contributed by atoms with Crippen LogP contribution in [-0.2, 0) is 0 Å². The van der Waals surface area contributed by atoms with Crippen molar-refractivity contribution in [2.24, 2.45) is 0 Å². The SMILES string of the molecule is CCC1CNc2cc(C(=O)CNC(C)c3ccccc3)ccc2O1.